The number of aryl methyl sites for hydroxylation is 2. The number of carbonyl (C=O) groups excluding carboxylic acids is 1. The van der Waals surface area contributed by atoms with Crippen molar-refractivity contribution in [3.63, 3.8) is 0 Å². The lowest BCUT2D eigenvalue weighted by Gasteiger charge is -2.38. The van der Waals surface area contributed by atoms with Gasteiger partial charge in [0.2, 0.25) is 15.9 Å². The molecule has 0 saturated carbocycles. The van der Waals surface area contributed by atoms with Crippen LogP contribution in [0.1, 0.15) is 65.0 Å². The van der Waals surface area contributed by atoms with Gasteiger partial charge in [0.15, 0.2) is 0 Å². The quantitative estimate of drug-likeness (QED) is 0.586. The molecule has 8 heteroatoms. The van der Waals surface area contributed by atoms with E-state index in [4.69, 9.17) is 4.74 Å². The maximum absolute atomic E-state index is 12.4. The number of morpholine rings is 1. The van der Waals surface area contributed by atoms with Crippen LogP contribution in [-0.2, 0) is 19.6 Å². The Morgan fingerprint density at radius 2 is 1.65 bits per heavy atom. The molecule has 1 aromatic carbocycles. The summed E-state index contributed by atoms with van der Waals surface area (Å²) >= 11 is 0. The predicted molar refractivity (Wildman–Crippen MR) is 127 cm³/mol. The fourth-order valence-electron chi connectivity index (χ4n) is 3.94. The summed E-state index contributed by atoms with van der Waals surface area (Å²) in [7, 11) is -3.34. The van der Waals surface area contributed by atoms with E-state index in [-0.39, 0.29) is 18.1 Å². The number of benzene rings is 1. The second kappa shape index (κ2) is 10.3. The second-order valence-electron chi connectivity index (χ2n) is 9.64. The van der Waals surface area contributed by atoms with Gasteiger partial charge in [0.1, 0.15) is 0 Å². The van der Waals surface area contributed by atoms with Crippen molar-refractivity contribution in [1.29, 1.82) is 0 Å². The number of unbranched alkanes of at least 4 members (excludes halogenated alkanes) is 1. The first-order valence-corrected chi connectivity index (χ1v) is 12.6. The lowest BCUT2D eigenvalue weighted by atomic mass is 10.0. The molecule has 31 heavy (non-hydrogen) atoms. The molecule has 0 unspecified atom stereocenters. The third-order valence-electron chi connectivity index (χ3n) is 5.44. The lowest BCUT2D eigenvalue weighted by molar-refractivity contribution is -0.116. The molecule has 2 N–H and O–H groups in total. The summed E-state index contributed by atoms with van der Waals surface area (Å²) in [6.07, 6.45) is 1.98. The number of nitrogens with one attached hydrogen (secondary N) is 2. The number of rotatable bonds is 8. The van der Waals surface area contributed by atoms with Crippen molar-refractivity contribution in [3.05, 3.63) is 23.3 Å². The molecule has 0 bridgehead atoms. The highest BCUT2D eigenvalue weighted by molar-refractivity contribution is 7.90. The summed E-state index contributed by atoms with van der Waals surface area (Å²) in [6.45, 7) is 15.4. The maximum atomic E-state index is 12.4. The van der Waals surface area contributed by atoms with E-state index in [1.165, 1.54) is 5.69 Å². The van der Waals surface area contributed by atoms with Crippen molar-refractivity contribution in [2.45, 2.75) is 84.7 Å². The van der Waals surface area contributed by atoms with Crippen molar-refractivity contribution >= 4 is 27.3 Å². The smallest absolute Gasteiger partial charge is 0.224 e. The molecular formula is C23H39N3O4S. The molecule has 176 valence electrons. The fraction of sp³-hybridized carbons (Fsp3) is 0.696. The summed E-state index contributed by atoms with van der Waals surface area (Å²) in [5, 5.41) is 2.98. The van der Waals surface area contributed by atoms with E-state index in [1.54, 1.807) is 20.8 Å². The van der Waals surface area contributed by atoms with E-state index in [0.29, 0.717) is 25.8 Å². The van der Waals surface area contributed by atoms with E-state index in [1.807, 2.05) is 12.1 Å². The number of hydrogen-bond acceptors (Lipinski definition) is 5. The molecule has 7 nitrogen and oxygen atoms in total. The Morgan fingerprint density at radius 1 is 1.10 bits per heavy atom. The molecular weight excluding hydrogens is 414 g/mol. The Kier molecular flexibility index (Phi) is 8.53. The second-order valence-corrected chi connectivity index (χ2v) is 12.2. The minimum Gasteiger partial charge on any atom is -0.372 e. The highest BCUT2D eigenvalue weighted by Crippen LogP contribution is 2.31. The Balaban J connectivity index is 1.87. The third kappa shape index (κ3) is 7.19. The molecule has 1 heterocycles. The summed E-state index contributed by atoms with van der Waals surface area (Å²) in [6, 6.07) is 4.03. The number of sulfonamides is 1. The highest BCUT2D eigenvalue weighted by atomic mass is 32.2. The molecule has 0 aliphatic carbocycles. The number of amides is 1. The number of nitrogens with zero attached hydrogens (tertiary/aromatic N) is 1. The molecule has 1 aromatic rings. The van der Waals surface area contributed by atoms with Gasteiger partial charge in [-0.05, 0) is 84.6 Å². The van der Waals surface area contributed by atoms with Crippen molar-refractivity contribution < 1.29 is 17.9 Å². The van der Waals surface area contributed by atoms with Gasteiger partial charge in [-0.25, -0.2) is 13.1 Å². The van der Waals surface area contributed by atoms with Crippen molar-refractivity contribution in [3.8, 4) is 0 Å². The first-order valence-electron chi connectivity index (χ1n) is 11.1. The van der Waals surface area contributed by atoms with E-state index in [9.17, 15) is 13.2 Å². The van der Waals surface area contributed by atoms with Crippen LogP contribution in [0.3, 0.4) is 0 Å². The minimum atomic E-state index is -3.34. The zero-order valence-corrected chi connectivity index (χ0v) is 20.9. The van der Waals surface area contributed by atoms with Gasteiger partial charge in [0.25, 0.3) is 0 Å². The molecule has 2 rings (SSSR count). The molecule has 1 aliphatic heterocycles. The molecule has 1 saturated heterocycles. The molecule has 1 amide bonds. The highest BCUT2D eigenvalue weighted by Gasteiger charge is 2.28. The molecule has 2 atom stereocenters. The van der Waals surface area contributed by atoms with Gasteiger partial charge in [-0.3, -0.25) is 4.79 Å². The Morgan fingerprint density at radius 3 is 2.16 bits per heavy atom. The van der Waals surface area contributed by atoms with Gasteiger partial charge >= 0.3 is 0 Å². The van der Waals surface area contributed by atoms with E-state index < -0.39 is 14.8 Å². The van der Waals surface area contributed by atoms with Gasteiger partial charge in [-0.2, -0.15) is 0 Å². The average molecular weight is 454 g/mol. The summed E-state index contributed by atoms with van der Waals surface area (Å²) in [5.74, 6) is -0.0566. The summed E-state index contributed by atoms with van der Waals surface area (Å²) in [4.78, 5) is 14.7. The zero-order chi connectivity index (χ0) is 23.4. The van der Waals surface area contributed by atoms with Crippen LogP contribution in [0.2, 0.25) is 0 Å². The van der Waals surface area contributed by atoms with Gasteiger partial charge < -0.3 is 15.0 Å². The normalized spacial score (nSPS) is 20.0. The van der Waals surface area contributed by atoms with Gasteiger partial charge in [-0.15, -0.1) is 0 Å². The van der Waals surface area contributed by atoms with Crippen LogP contribution in [0, 0.1) is 13.8 Å². The van der Waals surface area contributed by atoms with Gasteiger partial charge in [0, 0.05) is 37.4 Å². The number of carbonyl (C=O) groups is 1. The van der Waals surface area contributed by atoms with E-state index >= 15 is 0 Å². The average Bonchev–Trinajstić information content (AvgIpc) is 2.58. The third-order valence-corrected chi connectivity index (χ3v) is 7.64. The Bertz CT molecular complexity index is 844. The Labute approximate surface area is 188 Å². The number of hydrogen-bond donors (Lipinski definition) is 2. The maximum Gasteiger partial charge on any atom is 0.224 e. The largest absolute Gasteiger partial charge is 0.372 e. The molecule has 0 radical (unpaired) electrons. The van der Waals surface area contributed by atoms with Gasteiger partial charge in [-0.1, -0.05) is 0 Å². The number of ether oxygens (including phenoxy) is 1. The van der Waals surface area contributed by atoms with Crippen LogP contribution in [0.15, 0.2) is 12.1 Å². The standard InChI is InChI=1S/C23H39N3O4S/c1-16-12-20(13-17(2)22(16)26-14-18(3)30-19(4)15-26)25-21(27)10-8-9-11-24-31(28,29)23(5,6)7/h12-13,18-19,24H,8-11,14-15H2,1-7H3,(H,25,27)/t18-,19+. The predicted octanol–water partition coefficient (Wildman–Crippen LogP) is 3.74. The molecule has 0 spiro atoms. The van der Waals surface area contributed by atoms with Gasteiger partial charge in [0.05, 0.1) is 17.0 Å². The Hall–Kier alpha value is -1.64. The van der Waals surface area contributed by atoms with Crippen LogP contribution in [0.4, 0.5) is 11.4 Å². The number of anilines is 2. The minimum absolute atomic E-state index is 0.0566. The monoisotopic (exact) mass is 453 g/mol. The molecule has 1 aliphatic rings. The van der Waals surface area contributed by atoms with Crippen LogP contribution in [0.5, 0.6) is 0 Å². The van der Waals surface area contributed by atoms with Crippen LogP contribution >= 0.6 is 0 Å². The molecule has 0 aromatic heterocycles. The fourth-order valence-corrected chi connectivity index (χ4v) is 4.79. The summed E-state index contributed by atoms with van der Waals surface area (Å²) in [5.41, 5.74) is 4.28. The van der Waals surface area contributed by atoms with Crippen molar-refractivity contribution in [2.75, 3.05) is 29.9 Å². The summed E-state index contributed by atoms with van der Waals surface area (Å²) < 4.78 is 31.7. The zero-order valence-electron chi connectivity index (χ0n) is 20.0. The topological polar surface area (TPSA) is 87.7 Å². The van der Waals surface area contributed by atoms with E-state index in [0.717, 1.165) is 29.9 Å². The van der Waals surface area contributed by atoms with Crippen LogP contribution in [-0.4, -0.2) is 50.9 Å². The van der Waals surface area contributed by atoms with Crippen molar-refractivity contribution in [2.24, 2.45) is 0 Å². The first-order chi connectivity index (χ1) is 14.3. The first kappa shape index (κ1) is 25.6. The molecule has 1 fully saturated rings. The van der Waals surface area contributed by atoms with E-state index in [2.05, 4.69) is 42.6 Å². The van der Waals surface area contributed by atoms with Crippen LogP contribution in [0.25, 0.3) is 0 Å². The van der Waals surface area contributed by atoms with Crippen LogP contribution < -0.4 is 14.9 Å². The van der Waals surface area contributed by atoms with Crippen molar-refractivity contribution in [1.82, 2.24) is 4.72 Å². The lowest BCUT2D eigenvalue weighted by Crippen LogP contribution is -2.46. The SMILES string of the molecule is Cc1cc(NC(=O)CCCCNS(=O)(=O)C(C)(C)C)cc(C)c1N1C[C@@H](C)O[C@@H](C)C1.